The van der Waals surface area contributed by atoms with Gasteiger partial charge in [-0.2, -0.15) is 0 Å². The van der Waals surface area contributed by atoms with Gasteiger partial charge in [-0.25, -0.2) is 0 Å². The molecule has 0 saturated carbocycles. The largest absolute Gasteiger partial charge is 0.756 e. The van der Waals surface area contributed by atoms with Crippen LogP contribution in [0.25, 0.3) is 0 Å². The van der Waals surface area contributed by atoms with Crippen LogP contribution < -0.4 is 4.89 Å². The Bertz CT molecular complexity index is 689. The summed E-state index contributed by atoms with van der Waals surface area (Å²) in [6, 6.07) is 0. The van der Waals surface area contributed by atoms with Crippen molar-refractivity contribution in [1.29, 1.82) is 0 Å². The lowest BCUT2D eigenvalue weighted by molar-refractivity contribution is -0.870. The molecule has 0 bridgehead atoms. The van der Waals surface area contributed by atoms with Crippen molar-refractivity contribution in [3.05, 3.63) is 0 Å². The molecule has 0 aromatic carbocycles. The third kappa shape index (κ3) is 38.8. The third-order valence-electron chi connectivity index (χ3n) is 9.23. The Morgan fingerprint density at radius 2 is 0.833 bits per heavy atom. The summed E-state index contributed by atoms with van der Waals surface area (Å²) in [7, 11) is 1.61. The van der Waals surface area contributed by atoms with Crippen molar-refractivity contribution >= 4 is 7.82 Å². The molecule has 0 heterocycles. The lowest BCUT2D eigenvalue weighted by atomic mass is 10.0. The number of hydrogen-bond acceptors (Lipinski definition) is 6. The lowest BCUT2D eigenvalue weighted by Gasteiger charge is -2.28. The molecule has 0 aliphatic rings. The molecule has 0 aromatic heterocycles. The first-order valence-electron chi connectivity index (χ1n) is 20.8. The highest BCUT2D eigenvalue weighted by Crippen LogP contribution is 2.38. The molecule has 8 heteroatoms. The maximum atomic E-state index is 12.3. The van der Waals surface area contributed by atoms with Crippen molar-refractivity contribution in [2.45, 2.75) is 200 Å². The predicted octanol–water partition coefficient (Wildman–Crippen LogP) is 11.6. The summed E-state index contributed by atoms with van der Waals surface area (Å²) < 4.78 is 35.3. The molecule has 0 N–H and O–H groups in total. The minimum atomic E-state index is -4.38. The third-order valence-corrected chi connectivity index (χ3v) is 10.2. The number of nitrogens with zero attached hydrogens (tertiary/aromatic N) is 1. The van der Waals surface area contributed by atoms with Crippen LogP contribution in [-0.2, 0) is 23.1 Å². The number of phosphoric ester groups is 1. The van der Waals surface area contributed by atoms with Crippen LogP contribution >= 0.6 is 7.82 Å². The number of ether oxygens (including phenoxy) is 2. The zero-order valence-electron chi connectivity index (χ0n) is 33.0. The van der Waals surface area contributed by atoms with Crippen molar-refractivity contribution in [2.75, 3.05) is 60.7 Å². The van der Waals surface area contributed by atoms with Crippen molar-refractivity contribution < 1.29 is 32.5 Å². The average molecular weight is 706 g/mol. The maximum Gasteiger partial charge on any atom is 0.268 e. The number of rotatable bonds is 40. The minimum absolute atomic E-state index is 0.0670. The molecule has 2 atom stereocenters. The summed E-state index contributed by atoms with van der Waals surface area (Å²) in [6.45, 7) is 6.78. The Morgan fingerprint density at radius 3 is 1.21 bits per heavy atom. The van der Waals surface area contributed by atoms with Gasteiger partial charge in [0, 0.05) is 13.2 Å². The SMILES string of the molecule is CCCCCCCCCCCCCCCCOC[C@H](COP(=O)([O-])OCC[N+](C)(C)C)OCCCCCCCCCCCCCCCC. The van der Waals surface area contributed by atoms with Crippen LogP contribution in [0.15, 0.2) is 0 Å². The van der Waals surface area contributed by atoms with Gasteiger partial charge in [0.05, 0.1) is 34.4 Å². The van der Waals surface area contributed by atoms with Gasteiger partial charge in [-0.15, -0.1) is 0 Å². The standard InChI is InChI=1S/C40H84NO6P/c1-6-8-10-12-14-16-18-20-22-24-26-28-30-32-35-44-38-40(39-47-48(42,43)46-37-34-41(3,4)5)45-36-33-31-29-27-25-23-21-19-17-15-13-11-9-7-2/h40H,6-39H2,1-5H3/t40-/m1/s1. The topological polar surface area (TPSA) is 77.1 Å². The number of unbranched alkanes of at least 4 members (excludes halogenated alkanes) is 26. The molecule has 290 valence electrons. The van der Waals surface area contributed by atoms with E-state index in [2.05, 4.69) is 13.8 Å². The summed E-state index contributed by atoms with van der Waals surface area (Å²) in [5.74, 6) is 0. The first kappa shape index (κ1) is 48.0. The normalized spacial score (nSPS) is 14.0. The van der Waals surface area contributed by atoms with Gasteiger partial charge >= 0.3 is 0 Å². The van der Waals surface area contributed by atoms with Gasteiger partial charge in [-0.1, -0.05) is 181 Å². The minimum Gasteiger partial charge on any atom is -0.756 e. The van der Waals surface area contributed by atoms with Crippen LogP contribution in [0.5, 0.6) is 0 Å². The number of phosphoric acid groups is 1. The van der Waals surface area contributed by atoms with Gasteiger partial charge in [0.2, 0.25) is 0 Å². The maximum absolute atomic E-state index is 12.3. The molecule has 0 aliphatic heterocycles. The van der Waals surface area contributed by atoms with E-state index in [-0.39, 0.29) is 13.2 Å². The van der Waals surface area contributed by atoms with E-state index >= 15 is 0 Å². The molecule has 0 fully saturated rings. The molecule has 48 heavy (non-hydrogen) atoms. The van der Waals surface area contributed by atoms with Crippen molar-refractivity contribution in [2.24, 2.45) is 0 Å². The number of quaternary nitrogens is 1. The quantitative estimate of drug-likeness (QED) is 0.0359. The molecule has 0 aliphatic carbocycles. The average Bonchev–Trinajstić information content (AvgIpc) is 3.04. The molecular formula is C40H84NO6P. The van der Waals surface area contributed by atoms with Crippen LogP contribution in [0.2, 0.25) is 0 Å². The highest BCUT2D eigenvalue weighted by molar-refractivity contribution is 7.45. The zero-order chi connectivity index (χ0) is 35.4. The molecular weight excluding hydrogens is 621 g/mol. The van der Waals surface area contributed by atoms with E-state index in [9.17, 15) is 9.46 Å². The summed E-state index contributed by atoms with van der Waals surface area (Å²) in [5, 5.41) is 0. The Labute approximate surface area is 300 Å². The van der Waals surface area contributed by atoms with Gasteiger partial charge in [0.15, 0.2) is 0 Å². The Balaban J connectivity index is 4.08. The summed E-state index contributed by atoms with van der Waals surface area (Å²) in [6.07, 6.45) is 36.6. The van der Waals surface area contributed by atoms with Crippen LogP contribution in [0.4, 0.5) is 0 Å². The summed E-state index contributed by atoms with van der Waals surface area (Å²) in [4.78, 5) is 12.3. The van der Waals surface area contributed by atoms with E-state index in [0.29, 0.717) is 30.8 Å². The molecule has 0 spiro atoms. The van der Waals surface area contributed by atoms with Crippen LogP contribution in [0, 0.1) is 0 Å². The molecule has 0 amide bonds. The first-order chi connectivity index (χ1) is 23.2. The Hall–Kier alpha value is -0.0100. The lowest BCUT2D eigenvalue weighted by Crippen LogP contribution is -2.37. The number of hydrogen-bond donors (Lipinski definition) is 0. The fourth-order valence-corrected chi connectivity index (χ4v) is 6.67. The van der Waals surface area contributed by atoms with E-state index in [4.69, 9.17) is 18.5 Å². The second kappa shape index (κ2) is 35.4. The molecule has 0 aromatic rings. The van der Waals surface area contributed by atoms with Crippen molar-refractivity contribution in [3.63, 3.8) is 0 Å². The fourth-order valence-electron chi connectivity index (χ4n) is 5.94. The summed E-state index contributed by atoms with van der Waals surface area (Å²) in [5.41, 5.74) is 0. The number of likely N-dealkylation sites (N-methyl/N-ethyl adjacent to an activating group) is 1. The molecule has 0 saturated heterocycles. The summed E-state index contributed by atoms with van der Waals surface area (Å²) >= 11 is 0. The smallest absolute Gasteiger partial charge is 0.268 e. The molecule has 0 radical (unpaired) electrons. The van der Waals surface area contributed by atoms with Gasteiger partial charge in [-0.05, 0) is 12.8 Å². The van der Waals surface area contributed by atoms with E-state index in [1.54, 1.807) is 0 Å². The predicted molar refractivity (Wildman–Crippen MR) is 204 cm³/mol. The second-order valence-corrected chi connectivity index (χ2v) is 16.8. The van der Waals surface area contributed by atoms with Gasteiger partial charge in [-0.3, -0.25) is 4.57 Å². The van der Waals surface area contributed by atoms with Gasteiger partial charge < -0.3 is 27.9 Å². The zero-order valence-corrected chi connectivity index (χ0v) is 33.9. The van der Waals surface area contributed by atoms with Crippen molar-refractivity contribution in [1.82, 2.24) is 0 Å². The molecule has 7 nitrogen and oxygen atoms in total. The monoisotopic (exact) mass is 706 g/mol. The molecule has 1 unspecified atom stereocenters. The fraction of sp³-hybridized carbons (Fsp3) is 1.00. The van der Waals surface area contributed by atoms with E-state index < -0.39 is 13.9 Å². The Morgan fingerprint density at radius 1 is 0.479 bits per heavy atom. The van der Waals surface area contributed by atoms with E-state index in [0.717, 1.165) is 19.3 Å². The van der Waals surface area contributed by atoms with Gasteiger partial charge in [0.25, 0.3) is 7.82 Å². The first-order valence-corrected chi connectivity index (χ1v) is 22.3. The molecule has 0 rings (SSSR count). The van der Waals surface area contributed by atoms with Crippen LogP contribution in [-0.4, -0.2) is 71.3 Å². The van der Waals surface area contributed by atoms with Gasteiger partial charge in [0.1, 0.15) is 19.3 Å². The van der Waals surface area contributed by atoms with Crippen LogP contribution in [0.1, 0.15) is 194 Å². The highest BCUT2D eigenvalue weighted by Gasteiger charge is 2.18. The van der Waals surface area contributed by atoms with E-state index in [1.165, 1.54) is 161 Å². The van der Waals surface area contributed by atoms with E-state index in [1.807, 2.05) is 21.1 Å². The second-order valence-electron chi connectivity index (χ2n) is 15.4. The van der Waals surface area contributed by atoms with Crippen molar-refractivity contribution in [3.8, 4) is 0 Å². The van der Waals surface area contributed by atoms with Crippen LogP contribution in [0.3, 0.4) is 0 Å². The highest BCUT2D eigenvalue weighted by atomic mass is 31.2. The Kier molecular flexibility index (Phi) is 35.4.